The molecule has 7 heteroatoms. The summed E-state index contributed by atoms with van der Waals surface area (Å²) in [6.45, 7) is 6.40. The van der Waals surface area contributed by atoms with Crippen molar-refractivity contribution in [3.8, 4) is 5.69 Å². The molecule has 2 aromatic rings. The molecule has 2 heterocycles. The molecule has 1 aliphatic heterocycles. The second kappa shape index (κ2) is 12.1. The highest BCUT2D eigenvalue weighted by atomic mass is 127. The number of aliphatic imine (C=N–C) groups is 1. The van der Waals surface area contributed by atoms with E-state index in [-0.39, 0.29) is 24.0 Å². The quantitative estimate of drug-likeness (QED) is 0.267. The fraction of sp³-hybridized carbons (Fsp3) is 0.524. The minimum atomic E-state index is 0. The van der Waals surface area contributed by atoms with Crippen LogP contribution < -0.4 is 10.6 Å². The topological polar surface area (TPSA) is 57.5 Å². The van der Waals surface area contributed by atoms with E-state index in [0.717, 1.165) is 42.8 Å². The van der Waals surface area contributed by atoms with Crippen molar-refractivity contribution in [1.82, 2.24) is 25.3 Å². The number of halogens is 1. The first-order valence-corrected chi connectivity index (χ1v) is 10.0. The molecule has 1 saturated heterocycles. The second-order valence-corrected chi connectivity index (χ2v) is 7.22. The highest BCUT2D eigenvalue weighted by molar-refractivity contribution is 14.0. The van der Waals surface area contributed by atoms with E-state index in [1.54, 1.807) is 0 Å². The predicted molar refractivity (Wildman–Crippen MR) is 127 cm³/mol. The van der Waals surface area contributed by atoms with Gasteiger partial charge >= 0.3 is 0 Å². The van der Waals surface area contributed by atoms with Crippen LogP contribution in [0.3, 0.4) is 0 Å². The number of nitrogens with one attached hydrogen (secondary N) is 2. The lowest BCUT2D eigenvalue weighted by molar-refractivity contribution is 0.159. The molecule has 1 aromatic heterocycles. The number of guanidine groups is 1. The monoisotopic (exact) mass is 496 g/mol. The summed E-state index contributed by atoms with van der Waals surface area (Å²) >= 11 is 0. The molecular formula is C21H33IN6. The van der Waals surface area contributed by atoms with Gasteiger partial charge in [-0.1, -0.05) is 24.6 Å². The van der Waals surface area contributed by atoms with Crippen molar-refractivity contribution in [3.63, 3.8) is 0 Å². The molecule has 3 rings (SSSR count). The molecule has 1 fully saturated rings. The Morgan fingerprint density at radius 1 is 1.21 bits per heavy atom. The number of para-hydroxylation sites is 1. The van der Waals surface area contributed by atoms with Gasteiger partial charge in [0.1, 0.15) is 0 Å². The Hall–Kier alpha value is -1.61. The molecule has 1 aliphatic rings. The van der Waals surface area contributed by atoms with E-state index in [0.29, 0.717) is 6.54 Å². The Morgan fingerprint density at radius 2 is 2.04 bits per heavy atom. The predicted octanol–water partition coefficient (Wildman–Crippen LogP) is 3.42. The molecule has 154 valence electrons. The van der Waals surface area contributed by atoms with Crippen LogP contribution in [0.4, 0.5) is 0 Å². The van der Waals surface area contributed by atoms with Crippen LogP contribution in [-0.2, 0) is 6.54 Å². The fourth-order valence-corrected chi connectivity index (χ4v) is 3.56. The van der Waals surface area contributed by atoms with Crippen LogP contribution in [0.25, 0.3) is 5.69 Å². The Kier molecular flexibility index (Phi) is 9.77. The normalized spacial score (nSPS) is 17.8. The van der Waals surface area contributed by atoms with Crippen molar-refractivity contribution < 1.29 is 0 Å². The maximum Gasteiger partial charge on any atom is 0.191 e. The van der Waals surface area contributed by atoms with Gasteiger partial charge in [-0.25, -0.2) is 4.68 Å². The molecule has 0 spiro atoms. The van der Waals surface area contributed by atoms with Crippen LogP contribution in [0.5, 0.6) is 0 Å². The zero-order valence-corrected chi connectivity index (χ0v) is 19.3. The lowest BCUT2D eigenvalue weighted by Crippen LogP contribution is -2.41. The highest BCUT2D eigenvalue weighted by Crippen LogP contribution is 2.16. The van der Waals surface area contributed by atoms with E-state index in [4.69, 9.17) is 0 Å². The largest absolute Gasteiger partial charge is 0.356 e. The SMILES string of the molecule is CN=C(NCCCN1CCCCC1C)NCc1cnn(-c2ccccc2)c1.I. The van der Waals surface area contributed by atoms with Crippen molar-refractivity contribution in [2.24, 2.45) is 4.99 Å². The number of hydrogen-bond donors (Lipinski definition) is 2. The van der Waals surface area contributed by atoms with Gasteiger partial charge < -0.3 is 15.5 Å². The number of aromatic nitrogens is 2. The van der Waals surface area contributed by atoms with E-state index in [1.165, 1.54) is 25.8 Å². The molecule has 1 atom stereocenters. The molecule has 1 aromatic carbocycles. The first kappa shape index (κ1) is 22.7. The van der Waals surface area contributed by atoms with Crippen LogP contribution >= 0.6 is 24.0 Å². The van der Waals surface area contributed by atoms with Crippen LogP contribution in [0.1, 0.15) is 38.2 Å². The highest BCUT2D eigenvalue weighted by Gasteiger charge is 2.17. The average Bonchev–Trinajstić information content (AvgIpc) is 3.18. The van der Waals surface area contributed by atoms with E-state index >= 15 is 0 Å². The molecule has 0 saturated carbocycles. The molecular weight excluding hydrogens is 463 g/mol. The second-order valence-electron chi connectivity index (χ2n) is 7.22. The van der Waals surface area contributed by atoms with E-state index in [1.807, 2.05) is 54.5 Å². The lowest BCUT2D eigenvalue weighted by atomic mass is 10.0. The standard InChI is InChI=1S/C21H32N6.HI/c1-18-9-6-7-13-26(18)14-8-12-23-21(22-2)24-15-19-16-25-27(17-19)20-10-4-3-5-11-20;/h3-5,10-11,16-18H,6-9,12-15H2,1-2H3,(H2,22,23,24);1H. The summed E-state index contributed by atoms with van der Waals surface area (Å²) in [6, 6.07) is 10.9. The third kappa shape index (κ3) is 6.77. The third-order valence-electron chi connectivity index (χ3n) is 5.20. The molecule has 0 amide bonds. The Morgan fingerprint density at radius 3 is 2.79 bits per heavy atom. The average molecular weight is 496 g/mol. The summed E-state index contributed by atoms with van der Waals surface area (Å²) in [5, 5.41) is 11.2. The third-order valence-corrected chi connectivity index (χ3v) is 5.20. The Bertz CT molecular complexity index is 715. The van der Waals surface area contributed by atoms with Gasteiger partial charge in [-0.3, -0.25) is 4.99 Å². The van der Waals surface area contributed by atoms with Crippen molar-refractivity contribution in [2.75, 3.05) is 26.7 Å². The zero-order valence-electron chi connectivity index (χ0n) is 17.0. The zero-order chi connectivity index (χ0) is 18.9. The Balaban J connectivity index is 0.00000280. The van der Waals surface area contributed by atoms with Crippen molar-refractivity contribution in [3.05, 3.63) is 48.3 Å². The van der Waals surface area contributed by atoms with Crippen molar-refractivity contribution in [2.45, 2.75) is 45.2 Å². The van der Waals surface area contributed by atoms with Gasteiger partial charge in [-0.05, 0) is 44.9 Å². The minimum absolute atomic E-state index is 0. The van der Waals surface area contributed by atoms with E-state index in [9.17, 15) is 0 Å². The smallest absolute Gasteiger partial charge is 0.191 e. The first-order valence-electron chi connectivity index (χ1n) is 10.0. The van der Waals surface area contributed by atoms with E-state index in [2.05, 4.69) is 32.5 Å². The molecule has 0 radical (unpaired) electrons. The summed E-state index contributed by atoms with van der Waals surface area (Å²) < 4.78 is 1.90. The molecule has 28 heavy (non-hydrogen) atoms. The van der Waals surface area contributed by atoms with Crippen LogP contribution in [0.15, 0.2) is 47.7 Å². The van der Waals surface area contributed by atoms with Gasteiger partial charge in [0.05, 0.1) is 11.9 Å². The molecule has 1 unspecified atom stereocenters. The fourth-order valence-electron chi connectivity index (χ4n) is 3.56. The molecule has 0 aliphatic carbocycles. The van der Waals surface area contributed by atoms with Crippen molar-refractivity contribution in [1.29, 1.82) is 0 Å². The number of rotatable bonds is 7. The van der Waals surface area contributed by atoms with Crippen LogP contribution in [0.2, 0.25) is 0 Å². The van der Waals surface area contributed by atoms with Crippen molar-refractivity contribution >= 4 is 29.9 Å². The van der Waals surface area contributed by atoms with Gasteiger partial charge in [0.2, 0.25) is 0 Å². The number of nitrogens with zero attached hydrogens (tertiary/aromatic N) is 4. The van der Waals surface area contributed by atoms with Crippen LogP contribution in [0, 0.1) is 0 Å². The van der Waals surface area contributed by atoms with Gasteiger partial charge in [0.25, 0.3) is 0 Å². The number of benzene rings is 1. The summed E-state index contributed by atoms with van der Waals surface area (Å²) in [5.74, 6) is 0.842. The molecule has 6 nitrogen and oxygen atoms in total. The van der Waals surface area contributed by atoms with Gasteiger partial charge in [0, 0.05) is 44.5 Å². The number of piperidine rings is 1. The van der Waals surface area contributed by atoms with Crippen LogP contribution in [-0.4, -0.2) is 53.4 Å². The van der Waals surface area contributed by atoms with Gasteiger partial charge in [0.15, 0.2) is 5.96 Å². The maximum atomic E-state index is 4.44. The number of hydrogen-bond acceptors (Lipinski definition) is 3. The maximum absolute atomic E-state index is 4.44. The van der Waals surface area contributed by atoms with E-state index < -0.39 is 0 Å². The lowest BCUT2D eigenvalue weighted by Gasteiger charge is -2.33. The molecule has 2 N–H and O–H groups in total. The Labute approximate surface area is 185 Å². The number of likely N-dealkylation sites (tertiary alicyclic amines) is 1. The summed E-state index contributed by atoms with van der Waals surface area (Å²) in [4.78, 5) is 6.93. The summed E-state index contributed by atoms with van der Waals surface area (Å²) in [6.07, 6.45) is 9.15. The van der Waals surface area contributed by atoms with Gasteiger partial charge in [-0.2, -0.15) is 5.10 Å². The minimum Gasteiger partial charge on any atom is -0.356 e. The van der Waals surface area contributed by atoms with Gasteiger partial charge in [-0.15, -0.1) is 24.0 Å². The summed E-state index contributed by atoms with van der Waals surface area (Å²) in [7, 11) is 1.81. The first-order chi connectivity index (χ1) is 13.3. The molecule has 0 bridgehead atoms. The summed E-state index contributed by atoms with van der Waals surface area (Å²) in [5.41, 5.74) is 2.20.